The highest BCUT2D eigenvalue weighted by Gasteiger charge is 2.33. The number of hydrogen-bond donors (Lipinski definition) is 1. The smallest absolute Gasteiger partial charge is 0.351 e. The van der Waals surface area contributed by atoms with Crippen molar-refractivity contribution in [2.75, 3.05) is 16.8 Å². The predicted molar refractivity (Wildman–Crippen MR) is 100 cm³/mol. The largest absolute Gasteiger partial charge is 0.417 e. The Bertz CT molecular complexity index is 1090. The Morgan fingerprint density at radius 3 is 2.69 bits per heavy atom. The molecule has 0 atom stereocenters. The van der Waals surface area contributed by atoms with Crippen LogP contribution in [0, 0.1) is 5.82 Å². The van der Waals surface area contributed by atoms with E-state index in [0.29, 0.717) is 52.9 Å². The zero-order chi connectivity index (χ0) is 20.2. The molecule has 3 aromatic rings. The number of halogens is 4. The second-order valence-corrected chi connectivity index (χ2v) is 7.45. The number of nitrogens with zero attached hydrogens (tertiary/aromatic N) is 4. The topological polar surface area (TPSA) is 53.9 Å². The Hall–Kier alpha value is -2.97. The van der Waals surface area contributed by atoms with Gasteiger partial charge in [-0.25, -0.2) is 9.37 Å². The minimum absolute atomic E-state index is 0.220. The number of aromatic nitrogens is 3. The highest BCUT2D eigenvalue weighted by molar-refractivity contribution is 5.90. The van der Waals surface area contributed by atoms with E-state index in [1.54, 1.807) is 6.07 Å². The molecular weight excluding hydrogens is 386 g/mol. The van der Waals surface area contributed by atoms with Crippen molar-refractivity contribution in [3.05, 3.63) is 53.1 Å². The molecule has 2 aromatic heterocycles. The lowest BCUT2D eigenvalue weighted by molar-refractivity contribution is -0.137. The molecule has 3 heterocycles. The quantitative estimate of drug-likeness (QED) is 0.660. The summed E-state index contributed by atoms with van der Waals surface area (Å²) in [5, 5.41) is 3.78. The van der Waals surface area contributed by atoms with Crippen LogP contribution in [0.25, 0.3) is 10.9 Å². The lowest BCUT2D eigenvalue weighted by atomic mass is 10.0. The van der Waals surface area contributed by atoms with Gasteiger partial charge in [0.05, 0.1) is 11.1 Å². The van der Waals surface area contributed by atoms with Crippen LogP contribution in [-0.4, -0.2) is 27.5 Å². The molecule has 0 spiro atoms. The Morgan fingerprint density at radius 1 is 1.10 bits per heavy atom. The molecule has 29 heavy (non-hydrogen) atoms. The number of alkyl halides is 3. The van der Waals surface area contributed by atoms with Crippen molar-refractivity contribution in [2.24, 2.45) is 0 Å². The molecule has 0 radical (unpaired) electrons. The molecule has 0 unspecified atom stereocenters. The molecule has 2 aliphatic rings. The minimum Gasteiger partial charge on any atom is -0.351 e. The number of benzene rings is 1. The average molecular weight is 403 g/mol. The van der Waals surface area contributed by atoms with E-state index in [2.05, 4.69) is 20.3 Å². The molecule has 5 rings (SSSR count). The molecule has 1 aliphatic heterocycles. The van der Waals surface area contributed by atoms with E-state index in [4.69, 9.17) is 0 Å². The van der Waals surface area contributed by atoms with Crippen molar-refractivity contribution >= 4 is 22.7 Å². The van der Waals surface area contributed by atoms with Crippen LogP contribution < -0.4 is 10.2 Å². The van der Waals surface area contributed by atoms with E-state index in [-0.39, 0.29) is 6.54 Å². The van der Waals surface area contributed by atoms with E-state index in [1.807, 2.05) is 4.90 Å². The molecule has 1 N–H and O–H groups in total. The van der Waals surface area contributed by atoms with Crippen molar-refractivity contribution in [1.82, 2.24) is 15.0 Å². The van der Waals surface area contributed by atoms with Gasteiger partial charge in [0.1, 0.15) is 11.6 Å². The molecular formula is C20H17F4N5. The van der Waals surface area contributed by atoms with Crippen molar-refractivity contribution in [1.29, 1.82) is 0 Å². The van der Waals surface area contributed by atoms with Crippen LogP contribution in [0.5, 0.6) is 0 Å². The molecule has 0 bridgehead atoms. The summed E-state index contributed by atoms with van der Waals surface area (Å²) in [5.41, 5.74) is 0.973. The van der Waals surface area contributed by atoms with Gasteiger partial charge in [-0.2, -0.15) is 18.2 Å². The third kappa shape index (κ3) is 3.56. The van der Waals surface area contributed by atoms with E-state index in [9.17, 15) is 17.6 Å². The molecule has 1 aliphatic carbocycles. The second kappa shape index (κ2) is 6.53. The van der Waals surface area contributed by atoms with Crippen molar-refractivity contribution in [2.45, 2.75) is 38.0 Å². The number of rotatable bonds is 3. The number of hydrogen-bond acceptors (Lipinski definition) is 5. The maximum absolute atomic E-state index is 13.9. The second-order valence-electron chi connectivity index (χ2n) is 7.45. The zero-order valence-electron chi connectivity index (χ0n) is 15.3. The molecule has 0 amide bonds. The summed E-state index contributed by atoms with van der Waals surface area (Å²) in [6, 6.07) is 5.77. The van der Waals surface area contributed by atoms with Crippen LogP contribution in [0.4, 0.5) is 29.3 Å². The minimum atomic E-state index is -4.45. The van der Waals surface area contributed by atoms with Crippen LogP contribution in [0.15, 0.2) is 30.5 Å². The van der Waals surface area contributed by atoms with Gasteiger partial charge in [-0.1, -0.05) is 0 Å². The fourth-order valence-electron chi connectivity index (χ4n) is 3.56. The lowest BCUT2D eigenvalue weighted by Crippen LogP contribution is -2.32. The lowest BCUT2D eigenvalue weighted by Gasteiger charge is -2.30. The molecule has 1 saturated carbocycles. The Labute approximate surface area is 163 Å². The van der Waals surface area contributed by atoms with Gasteiger partial charge in [-0.05, 0) is 42.7 Å². The zero-order valence-corrected chi connectivity index (χ0v) is 15.3. The Balaban J connectivity index is 1.56. The van der Waals surface area contributed by atoms with Crippen molar-refractivity contribution in [3.8, 4) is 0 Å². The van der Waals surface area contributed by atoms with Crippen LogP contribution in [0.3, 0.4) is 0 Å². The van der Waals surface area contributed by atoms with Gasteiger partial charge in [0.25, 0.3) is 0 Å². The molecule has 0 saturated heterocycles. The highest BCUT2D eigenvalue weighted by atomic mass is 19.4. The molecule has 1 aromatic carbocycles. The normalized spacial score (nSPS) is 16.8. The van der Waals surface area contributed by atoms with Crippen LogP contribution in [0.2, 0.25) is 0 Å². The van der Waals surface area contributed by atoms with E-state index < -0.39 is 17.6 Å². The SMILES string of the molecule is Fc1ccc2nc(NC3CC3)nc(N3CCc4ncc(C(F)(F)F)cc4C3)c2c1. The van der Waals surface area contributed by atoms with Crippen molar-refractivity contribution < 1.29 is 17.6 Å². The van der Waals surface area contributed by atoms with Crippen LogP contribution >= 0.6 is 0 Å². The third-order valence-electron chi connectivity index (χ3n) is 5.21. The first kappa shape index (κ1) is 18.1. The Morgan fingerprint density at radius 2 is 1.93 bits per heavy atom. The number of nitrogens with one attached hydrogen (secondary N) is 1. The van der Waals surface area contributed by atoms with Gasteiger partial charge >= 0.3 is 6.18 Å². The van der Waals surface area contributed by atoms with E-state index in [0.717, 1.165) is 25.1 Å². The van der Waals surface area contributed by atoms with Gasteiger partial charge in [0.15, 0.2) is 0 Å². The van der Waals surface area contributed by atoms with Crippen molar-refractivity contribution in [3.63, 3.8) is 0 Å². The molecule has 9 heteroatoms. The van der Waals surface area contributed by atoms with Gasteiger partial charge in [0.2, 0.25) is 5.95 Å². The number of pyridine rings is 1. The Kier molecular flexibility index (Phi) is 4.07. The highest BCUT2D eigenvalue weighted by Crippen LogP contribution is 2.34. The predicted octanol–water partition coefficient (Wildman–Crippen LogP) is 4.32. The first-order valence-corrected chi connectivity index (χ1v) is 9.40. The standard InChI is InChI=1S/C20H17F4N5/c21-13-1-4-17-15(8-13)18(28-19(27-17)26-14-2-3-14)29-6-5-16-11(10-29)7-12(9-25-16)20(22,23)24/h1,4,7-9,14H,2-3,5-6,10H2,(H,26,27,28). The van der Waals surface area contributed by atoms with Gasteiger partial charge in [0, 0.05) is 42.8 Å². The first-order valence-electron chi connectivity index (χ1n) is 9.40. The number of anilines is 2. The summed E-state index contributed by atoms with van der Waals surface area (Å²) >= 11 is 0. The fourth-order valence-corrected chi connectivity index (χ4v) is 3.56. The summed E-state index contributed by atoms with van der Waals surface area (Å²) in [4.78, 5) is 14.9. The first-order chi connectivity index (χ1) is 13.9. The maximum atomic E-state index is 13.9. The van der Waals surface area contributed by atoms with Crippen LogP contribution in [0.1, 0.15) is 29.7 Å². The molecule has 1 fully saturated rings. The maximum Gasteiger partial charge on any atom is 0.417 e. The molecule has 150 valence electrons. The van der Waals surface area contributed by atoms with Gasteiger partial charge in [-0.15, -0.1) is 0 Å². The summed E-state index contributed by atoms with van der Waals surface area (Å²) in [5.74, 6) is 0.555. The summed E-state index contributed by atoms with van der Waals surface area (Å²) in [7, 11) is 0. The van der Waals surface area contributed by atoms with Crippen LogP contribution in [-0.2, 0) is 19.1 Å². The molecule has 5 nitrogen and oxygen atoms in total. The third-order valence-corrected chi connectivity index (χ3v) is 5.21. The summed E-state index contributed by atoms with van der Waals surface area (Å²) < 4.78 is 53.2. The monoisotopic (exact) mass is 403 g/mol. The average Bonchev–Trinajstić information content (AvgIpc) is 3.50. The summed E-state index contributed by atoms with van der Waals surface area (Å²) in [6.45, 7) is 0.745. The van der Waals surface area contributed by atoms with Gasteiger partial charge in [-0.3, -0.25) is 4.98 Å². The number of fused-ring (bicyclic) bond motifs is 2. The van der Waals surface area contributed by atoms with E-state index in [1.165, 1.54) is 12.1 Å². The van der Waals surface area contributed by atoms with E-state index >= 15 is 0 Å². The van der Waals surface area contributed by atoms with Gasteiger partial charge < -0.3 is 10.2 Å². The summed E-state index contributed by atoms with van der Waals surface area (Å²) in [6.07, 6.45) is -0.996. The fraction of sp³-hybridized carbons (Fsp3) is 0.350.